The number of benzene rings is 2. The van der Waals surface area contributed by atoms with Crippen molar-refractivity contribution in [1.82, 2.24) is 15.2 Å². The van der Waals surface area contributed by atoms with Crippen molar-refractivity contribution >= 4 is 34.7 Å². The Hall–Kier alpha value is -3.63. The molecule has 2 aromatic heterocycles. The number of furan rings is 1. The highest BCUT2D eigenvalue weighted by molar-refractivity contribution is 7.99. The first kappa shape index (κ1) is 24.1. The van der Waals surface area contributed by atoms with Gasteiger partial charge in [0.1, 0.15) is 5.76 Å². The topological polar surface area (TPSA) is 116 Å². The number of anilines is 1. The molecule has 0 fully saturated rings. The number of nitro benzene ring substituents is 1. The van der Waals surface area contributed by atoms with Gasteiger partial charge in [-0.25, -0.2) is 0 Å². The van der Waals surface area contributed by atoms with Crippen molar-refractivity contribution in [2.45, 2.75) is 37.6 Å². The van der Waals surface area contributed by atoms with Gasteiger partial charge in [0.25, 0.3) is 5.69 Å². The lowest BCUT2D eigenvalue weighted by atomic mass is 10.1. The third-order valence-electron chi connectivity index (χ3n) is 5.63. The van der Waals surface area contributed by atoms with Gasteiger partial charge in [0, 0.05) is 34.7 Å². The number of nitrogens with one attached hydrogen (secondary N) is 1. The zero-order valence-corrected chi connectivity index (χ0v) is 20.9. The molecule has 1 aliphatic rings. The minimum Gasteiger partial charge on any atom is -0.455 e. The van der Waals surface area contributed by atoms with E-state index in [1.807, 2.05) is 24.3 Å². The van der Waals surface area contributed by atoms with Crippen molar-refractivity contribution in [3.05, 3.63) is 75.5 Å². The maximum absolute atomic E-state index is 11.0. The third-order valence-corrected chi connectivity index (χ3v) is 6.86. The van der Waals surface area contributed by atoms with Crippen molar-refractivity contribution < 1.29 is 14.1 Å². The van der Waals surface area contributed by atoms with Crippen LogP contribution in [0.5, 0.6) is 5.88 Å². The molecular formula is C25H22ClN5O4S. The monoisotopic (exact) mass is 523 g/mol. The van der Waals surface area contributed by atoms with Gasteiger partial charge in [-0.15, -0.1) is 10.2 Å². The Kier molecular flexibility index (Phi) is 7.06. The molecule has 0 saturated heterocycles. The van der Waals surface area contributed by atoms with Crippen LogP contribution in [0.15, 0.2) is 64.2 Å². The summed E-state index contributed by atoms with van der Waals surface area (Å²) in [6.45, 7) is 2.17. The smallest absolute Gasteiger partial charge is 0.270 e. The van der Waals surface area contributed by atoms with Crippen molar-refractivity contribution in [3.8, 4) is 28.5 Å². The van der Waals surface area contributed by atoms with E-state index in [0.717, 1.165) is 36.3 Å². The highest BCUT2D eigenvalue weighted by Gasteiger charge is 2.28. The molecule has 0 saturated carbocycles. The van der Waals surface area contributed by atoms with Gasteiger partial charge in [0.2, 0.25) is 17.3 Å². The van der Waals surface area contributed by atoms with Gasteiger partial charge in [0.15, 0.2) is 11.5 Å². The van der Waals surface area contributed by atoms with Crippen LogP contribution in [0.25, 0.3) is 22.6 Å². The molecule has 11 heteroatoms. The van der Waals surface area contributed by atoms with Crippen molar-refractivity contribution in [2.75, 3.05) is 11.1 Å². The number of ether oxygens (including phenoxy) is 1. The van der Waals surface area contributed by atoms with Crippen LogP contribution in [0.1, 0.15) is 38.2 Å². The molecule has 0 aliphatic carbocycles. The summed E-state index contributed by atoms with van der Waals surface area (Å²) in [6, 6.07) is 15.5. The fourth-order valence-corrected chi connectivity index (χ4v) is 4.85. The first-order valence-corrected chi connectivity index (χ1v) is 12.8. The summed E-state index contributed by atoms with van der Waals surface area (Å²) in [7, 11) is 0. The Morgan fingerprint density at radius 2 is 1.97 bits per heavy atom. The van der Waals surface area contributed by atoms with E-state index in [4.69, 9.17) is 20.8 Å². The molecule has 1 aliphatic heterocycles. The number of rotatable bonds is 8. The minimum atomic E-state index is -0.701. The van der Waals surface area contributed by atoms with Gasteiger partial charge >= 0.3 is 0 Å². The number of aromatic nitrogens is 3. The molecule has 184 valence electrons. The Morgan fingerprint density at radius 1 is 1.11 bits per heavy atom. The first-order valence-electron chi connectivity index (χ1n) is 11.5. The molecule has 0 bridgehead atoms. The van der Waals surface area contributed by atoms with Crippen LogP contribution in [0.4, 0.5) is 11.4 Å². The number of nitrogens with zero attached hydrogens (tertiary/aromatic N) is 4. The molecule has 1 N–H and O–H groups in total. The van der Waals surface area contributed by atoms with Gasteiger partial charge in [-0.2, -0.15) is 4.98 Å². The molecule has 0 spiro atoms. The average molecular weight is 524 g/mol. The zero-order valence-electron chi connectivity index (χ0n) is 19.3. The quantitative estimate of drug-likeness (QED) is 0.111. The normalized spacial score (nSPS) is 14.2. The summed E-state index contributed by atoms with van der Waals surface area (Å²) in [5.41, 5.74) is 2.62. The van der Waals surface area contributed by atoms with E-state index in [-0.39, 0.29) is 10.7 Å². The average Bonchev–Trinajstić information content (AvgIpc) is 3.30. The Labute approximate surface area is 216 Å². The third kappa shape index (κ3) is 5.00. The zero-order chi connectivity index (χ0) is 25.1. The molecule has 2 aromatic carbocycles. The van der Waals surface area contributed by atoms with Gasteiger partial charge < -0.3 is 14.5 Å². The number of halogens is 1. The predicted octanol–water partition coefficient (Wildman–Crippen LogP) is 7.15. The highest BCUT2D eigenvalue weighted by Crippen LogP contribution is 2.41. The summed E-state index contributed by atoms with van der Waals surface area (Å²) < 4.78 is 12.4. The van der Waals surface area contributed by atoms with E-state index in [0.29, 0.717) is 33.8 Å². The molecular weight excluding hydrogens is 502 g/mol. The fraction of sp³-hybridized carbons (Fsp3) is 0.240. The number of hydrogen-bond acceptors (Lipinski definition) is 9. The van der Waals surface area contributed by atoms with Gasteiger partial charge in [-0.05, 0) is 30.7 Å². The van der Waals surface area contributed by atoms with Crippen LogP contribution in [0.3, 0.4) is 0 Å². The van der Waals surface area contributed by atoms with Crippen LogP contribution in [-0.2, 0) is 0 Å². The highest BCUT2D eigenvalue weighted by atomic mass is 35.5. The van der Waals surface area contributed by atoms with Crippen LogP contribution in [-0.4, -0.2) is 25.9 Å². The first-order chi connectivity index (χ1) is 17.5. The summed E-state index contributed by atoms with van der Waals surface area (Å²) >= 11 is 7.86. The van der Waals surface area contributed by atoms with Crippen LogP contribution in [0, 0.1) is 10.1 Å². The fourth-order valence-electron chi connectivity index (χ4n) is 3.81. The van der Waals surface area contributed by atoms with E-state index < -0.39 is 11.2 Å². The Balaban J connectivity index is 1.46. The lowest BCUT2D eigenvalue weighted by Gasteiger charge is -2.16. The standard InChI is InChI=1S/C25H22ClN5O4S/c1-2-3-6-13-36-25-28-24-22(29-30-25)17-7-4-5-8-19(17)27-23(35-24)21-12-11-20(34-21)16-10-9-15(31(32)33)14-18(16)26/h4-5,7-12,14,23,27H,2-3,6,13H2,1H3/t23-/m1/s1. The lowest BCUT2D eigenvalue weighted by Crippen LogP contribution is -2.16. The number of nitro groups is 1. The maximum atomic E-state index is 11.0. The number of para-hydroxylation sites is 1. The minimum absolute atomic E-state index is 0.0898. The van der Waals surface area contributed by atoms with Crippen molar-refractivity contribution in [1.29, 1.82) is 0 Å². The molecule has 1 atom stereocenters. The summed E-state index contributed by atoms with van der Waals surface area (Å²) in [5.74, 6) is 2.21. The van der Waals surface area contributed by atoms with Crippen LogP contribution in [0.2, 0.25) is 5.02 Å². The van der Waals surface area contributed by atoms with E-state index in [2.05, 4.69) is 27.4 Å². The van der Waals surface area contributed by atoms with E-state index in [1.54, 1.807) is 30.0 Å². The van der Waals surface area contributed by atoms with Gasteiger partial charge in [0.05, 0.1) is 9.95 Å². The van der Waals surface area contributed by atoms with Crippen LogP contribution < -0.4 is 10.1 Å². The molecule has 0 unspecified atom stereocenters. The molecule has 5 rings (SSSR count). The molecule has 3 heterocycles. The van der Waals surface area contributed by atoms with E-state index in [1.165, 1.54) is 12.1 Å². The molecule has 0 radical (unpaired) electrons. The number of thioether (sulfide) groups is 1. The van der Waals surface area contributed by atoms with Gasteiger partial charge in [-0.3, -0.25) is 10.1 Å². The van der Waals surface area contributed by atoms with E-state index in [9.17, 15) is 10.1 Å². The molecule has 36 heavy (non-hydrogen) atoms. The number of non-ortho nitro benzene ring substituents is 1. The van der Waals surface area contributed by atoms with E-state index >= 15 is 0 Å². The molecule has 4 aromatic rings. The van der Waals surface area contributed by atoms with Crippen LogP contribution >= 0.6 is 23.4 Å². The summed E-state index contributed by atoms with van der Waals surface area (Å²) in [5, 5.41) is 23.9. The SMILES string of the molecule is CCCCCSc1nnc2c(n1)O[C@H](c1ccc(-c3ccc([N+](=O)[O-])cc3Cl)o1)Nc1ccccc1-2. The number of unbranched alkanes of at least 4 members (excludes halogenated alkanes) is 2. The largest absolute Gasteiger partial charge is 0.455 e. The molecule has 0 amide bonds. The lowest BCUT2D eigenvalue weighted by molar-refractivity contribution is -0.384. The maximum Gasteiger partial charge on any atom is 0.270 e. The number of fused-ring (bicyclic) bond motifs is 3. The second kappa shape index (κ2) is 10.5. The summed E-state index contributed by atoms with van der Waals surface area (Å²) in [6.07, 6.45) is 2.68. The second-order valence-electron chi connectivity index (χ2n) is 8.11. The predicted molar refractivity (Wildman–Crippen MR) is 138 cm³/mol. The summed E-state index contributed by atoms with van der Waals surface area (Å²) in [4.78, 5) is 15.2. The van der Waals surface area contributed by atoms with Gasteiger partial charge in [-0.1, -0.05) is 61.3 Å². The Morgan fingerprint density at radius 3 is 2.78 bits per heavy atom. The molecule has 9 nitrogen and oxygen atoms in total. The second-order valence-corrected chi connectivity index (χ2v) is 9.58. The van der Waals surface area contributed by atoms with Crippen molar-refractivity contribution in [2.24, 2.45) is 0 Å². The Bertz CT molecular complexity index is 1410. The number of hydrogen-bond donors (Lipinski definition) is 1. The van der Waals surface area contributed by atoms with Crippen molar-refractivity contribution in [3.63, 3.8) is 0 Å².